The molecule has 0 bridgehead atoms. The molecule has 2 atom stereocenters. The Morgan fingerprint density at radius 1 is 1.07 bits per heavy atom. The summed E-state index contributed by atoms with van der Waals surface area (Å²) in [5.41, 5.74) is -2.90. The summed E-state index contributed by atoms with van der Waals surface area (Å²) in [5, 5.41) is 1.29. The third-order valence-corrected chi connectivity index (χ3v) is 6.22. The van der Waals surface area contributed by atoms with Gasteiger partial charge in [0.25, 0.3) is 0 Å². The molecule has 0 N–H and O–H groups in total. The topological polar surface area (TPSA) is 81.2 Å². The molecular formula is C26H29F6N3O5. The average molecular weight is 578 g/mol. The third-order valence-electron chi connectivity index (χ3n) is 6.22. The molecule has 0 unspecified atom stereocenters. The number of hydrogen-bond acceptors (Lipinski definition) is 7. The van der Waals surface area contributed by atoms with E-state index in [4.69, 9.17) is 14.3 Å². The normalized spacial score (nSPS) is 17.4. The van der Waals surface area contributed by atoms with Crippen LogP contribution in [0.1, 0.15) is 69.0 Å². The van der Waals surface area contributed by atoms with E-state index in [1.807, 2.05) is 0 Å². The van der Waals surface area contributed by atoms with Gasteiger partial charge < -0.3 is 19.2 Å². The van der Waals surface area contributed by atoms with Crippen molar-refractivity contribution >= 4 is 17.7 Å². The van der Waals surface area contributed by atoms with Crippen LogP contribution in [0, 0.1) is 0 Å². The van der Waals surface area contributed by atoms with Crippen LogP contribution >= 0.6 is 0 Å². The van der Waals surface area contributed by atoms with Gasteiger partial charge in [0.2, 0.25) is 11.8 Å². The summed E-state index contributed by atoms with van der Waals surface area (Å²) >= 11 is 0. The number of halogens is 6. The van der Waals surface area contributed by atoms with Gasteiger partial charge in [0.15, 0.2) is 0 Å². The molecule has 2 heterocycles. The maximum Gasteiger partial charge on any atom is 0.533 e. The van der Waals surface area contributed by atoms with Crippen molar-refractivity contribution in [1.29, 1.82) is 0 Å². The number of aromatic nitrogens is 1. The predicted molar refractivity (Wildman–Crippen MR) is 130 cm³/mol. The predicted octanol–water partition coefficient (Wildman–Crippen LogP) is 6.68. The number of hydrogen-bond donors (Lipinski definition) is 0. The number of amides is 1. The van der Waals surface area contributed by atoms with Gasteiger partial charge in [-0.3, -0.25) is 4.79 Å². The molecule has 0 saturated heterocycles. The van der Waals surface area contributed by atoms with E-state index in [1.54, 1.807) is 20.8 Å². The molecule has 0 aliphatic carbocycles. The average Bonchev–Trinajstić information content (AvgIpc) is 2.85. The monoisotopic (exact) mass is 577 g/mol. The second kappa shape index (κ2) is 11.8. The van der Waals surface area contributed by atoms with Crippen molar-refractivity contribution in [2.45, 2.75) is 77.6 Å². The zero-order valence-corrected chi connectivity index (χ0v) is 22.4. The minimum atomic E-state index is -5.04. The van der Waals surface area contributed by atoms with Crippen LogP contribution in [-0.4, -0.2) is 41.2 Å². The number of carbonyl (C=O) groups excluding carboxylic acids is 2. The van der Waals surface area contributed by atoms with Gasteiger partial charge in [-0.25, -0.2) is 9.78 Å². The summed E-state index contributed by atoms with van der Waals surface area (Å²) in [4.78, 5) is 36.2. The smallest absolute Gasteiger partial charge is 0.481 e. The second-order valence-electron chi connectivity index (χ2n) is 9.47. The number of fused-ring (bicyclic) bond motifs is 1. The highest BCUT2D eigenvalue weighted by Gasteiger charge is 2.41. The summed E-state index contributed by atoms with van der Waals surface area (Å²) < 4.78 is 91.0. The van der Waals surface area contributed by atoms with E-state index in [9.17, 15) is 35.9 Å². The molecule has 0 radical (unpaired) electrons. The van der Waals surface area contributed by atoms with Crippen molar-refractivity contribution in [1.82, 2.24) is 9.88 Å². The fourth-order valence-corrected chi connectivity index (χ4v) is 4.43. The summed E-state index contributed by atoms with van der Waals surface area (Å²) in [5.74, 6) is -0.486. The summed E-state index contributed by atoms with van der Waals surface area (Å²) in [7, 11) is 1.35. The lowest BCUT2D eigenvalue weighted by Crippen LogP contribution is -2.47. The summed E-state index contributed by atoms with van der Waals surface area (Å²) in [6, 6.07) is 2.77. The van der Waals surface area contributed by atoms with Crippen LogP contribution in [-0.2, 0) is 33.3 Å². The lowest BCUT2D eigenvalue weighted by Gasteiger charge is -2.42. The lowest BCUT2D eigenvalue weighted by atomic mass is 9.93. The highest BCUT2D eigenvalue weighted by Crippen LogP contribution is 2.43. The first-order chi connectivity index (χ1) is 18.5. The Kier molecular flexibility index (Phi) is 9.10. The molecule has 1 aliphatic heterocycles. The number of pyridine rings is 1. The van der Waals surface area contributed by atoms with Crippen molar-refractivity contribution in [3.8, 4) is 5.88 Å². The SMILES string of the molecule is CC[C@@H]1C[C@H](N(Cc2cc(C(F)(F)F)cc(C(F)(F)F)c2)C(C)=O)c2nc(OC)ccc2N1OC(=O)OC(C)C. The number of rotatable bonds is 7. The molecule has 1 amide bonds. The molecule has 0 saturated carbocycles. The minimum Gasteiger partial charge on any atom is -0.481 e. The fraction of sp³-hybridized carbons (Fsp3) is 0.500. The number of benzene rings is 1. The standard InChI is InChI=1S/C26H29F6N3O5/c1-6-19-12-21(23-20(7-8-22(33-23)38-5)35(19)40-24(37)39-14(2)3)34(15(4)36)13-16-9-17(25(27,28)29)11-18(10-16)26(30,31)32/h7-11,14,19,21H,6,12-13H2,1-5H3/t19-,21+/m1/s1. The van der Waals surface area contributed by atoms with Crippen LogP contribution in [0.25, 0.3) is 0 Å². The molecule has 2 aromatic rings. The van der Waals surface area contributed by atoms with Crippen LogP contribution in [0.5, 0.6) is 5.88 Å². The van der Waals surface area contributed by atoms with E-state index in [0.717, 1.165) is 11.8 Å². The molecule has 14 heteroatoms. The first kappa shape index (κ1) is 30.8. The van der Waals surface area contributed by atoms with Crippen molar-refractivity contribution in [2.24, 2.45) is 0 Å². The molecule has 0 fully saturated rings. The number of ether oxygens (including phenoxy) is 2. The molecule has 220 valence electrons. The number of hydroxylamine groups is 1. The van der Waals surface area contributed by atoms with Gasteiger partial charge >= 0.3 is 18.5 Å². The van der Waals surface area contributed by atoms with Crippen molar-refractivity contribution < 1.29 is 50.2 Å². The molecule has 8 nitrogen and oxygen atoms in total. The summed E-state index contributed by atoms with van der Waals surface area (Å²) in [6.45, 7) is 5.63. The molecule has 1 aliphatic rings. The Hall–Kier alpha value is -3.71. The minimum absolute atomic E-state index is 0.0303. The molecule has 3 rings (SSSR count). The third kappa shape index (κ3) is 7.07. The van der Waals surface area contributed by atoms with Crippen LogP contribution in [0.4, 0.5) is 36.8 Å². The van der Waals surface area contributed by atoms with Crippen LogP contribution in [0.15, 0.2) is 30.3 Å². The van der Waals surface area contributed by atoms with E-state index in [-0.39, 0.29) is 35.3 Å². The van der Waals surface area contributed by atoms with Gasteiger partial charge in [0.1, 0.15) is 0 Å². The Morgan fingerprint density at radius 2 is 1.68 bits per heavy atom. The quantitative estimate of drug-likeness (QED) is 0.268. The molecule has 1 aromatic carbocycles. The molecule has 0 spiro atoms. The zero-order valence-electron chi connectivity index (χ0n) is 22.4. The van der Waals surface area contributed by atoms with E-state index in [2.05, 4.69) is 4.98 Å². The van der Waals surface area contributed by atoms with Gasteiger partial charge in [-0.15, -0.1) is 0 Å². The number of anilines is 1. The number of methoxy groups -OCH3 is 1. The van der Waals surface area contributed by atoms with E-state index < -0.39 is 60.3 Å². The van der Waals surface area contributed by atoms with Crippen molar-refractivity contribution in [3.63, 3.8) is 0 Å². The van der Waals surface area contributed by atoms with Gasteiger partial charge in [0.05, 0.1) is 47.8 Å². The first-order valence-electron chi connectivity index (χ1n) is 12.3. The largest absolute Gasteiger partial charge is 0.533 e. The van der Waals surface area contributed by atoms with Crippen LogP contribution in [0.3, 0.4) is 0 Å². The van der Waals surface area contributed by atoms with Crippen LogP contribution in [0.2, 0.25) is 0 Å². The van der Waals surface area contributed by atoms with Crippen molar-refractivity contribution in [2.75, 3.05) is 12.2 Å². The molecule has 1 aromatic heterocycles. The highest BCUT2D eigenvalue weighted by atomic mass is 19.4. The lowest BCUT2D eigenvalue weighted by molar-refractivity contribution is -0.143. The van der Waals surface area contributed by atoms with Gasteiger partial charge in [-0.1, -0.05) is 6.92 Å². The van der Waals surface area contributed by atoms with E-state index >= 15 is 0 Å². The molecular weight excluding hydrogens is 548 g/mol. The molecule has 40 heavy (non-hydrogen) atoms. The fourth-order valence-electron chi connectivity index (χ4n) is 4.43. The van der Waals surface area contributed by atoms with Gasteiger partial charge in [-0.2, -0.15) is 31.4 Å². The second-order valence-corrected chi connectivity index (χ2v) is 9.47. The Labute approximate surface area is 226 Å². The van der Waals surface area contributed by atoms with Crippen LogP contribution < -0.4 is 9.80 Å². The van der Waals surface area contributed by atoms with Gasteiger partial charge in [-0.05, 0) is 56.5 Å². The Balaban J connectivity index is 2.10. The van der Waals surface area contributed by atoms with Crippen molar-refractivity contribution in [3.05, 3.63) is 52.7 Å². The van der Waals surface area contributed by atoms with E-state index in [0.29, 0.717) is 18.6 Å². The zero-order chi connectivity index (χ0) is 30.0. The number of nitrogens with zero attached hydrogens (tertiary/aromatic N) is 3. The van der Waals surface area contributed by atoms with E-state index in [1.165, 1.54) is 24.3 Å². The van der Waals surface area contributed by atoms with Gasteiger partial charge in [0, 0.05) is 19.5 Å². The maximum absolute atomic E-state index is 13.5. The highest BCUT2D eigenvalue weighted by molar-refractivity contribution is 5.75. The first-order valence-corrected chi connectivity index (χ1v) is 12.3. The number of carbonyl (C=O) groups is 2. The summed E-state index contributed by atoms with van der Waals surface area (Å²) in [6.07, 6.45) is -11.1. The maximum atomic E-state index is 13.5. The number of alkyl halides is 6. The Morgan fingerprint density at radius 3 is 2.15 bits per heavy atom. The Bertz CT molecular complexity index is 1200.